The van der Waals surface area contributed by atoms with Gasteiger partial charge in [-0.05, 0) is 42.2 Å². The molecule has 0 aliphatic rings. The lowest BCUT2D eigenvalue weighted by atomic mass is 10.0. The second-order valence-electron chi connectivity index (χ2n) is 7.00. The molecule has 3 amide bonds. The minimum absolute atomic E-state index is 0.0661. The maximum atomic E-state index is 12.6. The Kier molecular flexibility index (Phi) is 7.32. The molecular formula is C22H27N3O3. The molecule has 0 spiro atoms. The van der Waals surface area contributed by atoms with Crippen molar-refractivity contribution >= 4 is 17.7 Å². The fourth-order valence-corrected chi connectivity index (χ4v) is 2.80. The third-order valence-corrected chi connectivity index (χ3v) is 4.54. The monoisotopic (exact) mass is 381 g/mol. The van der Waals surface area contributed by atoms with Gasteiger partial charge < -0.3 is 16.0 Å². The second-order valence-corrected chi connectivity index (χ2v) is 7.00. The van der Waals surface area contributed by atoms with Gasteiger partial charge in [-0.2, -0.15) is 0 Å². The molecule has 1 unspecified atom stereocenters. The predicted octanol–water partition coefficient (Wildman–Crippen LogP) is 2.43. The van der Waals surface area contributed by atoms with E-state index in [4.69, 9.17) is 0 Å². The van der Waals surface area contributed by atoms with E-state index in [2.05, 4.69) is 16.0 Å². The van der Waals surface area contributed by atoms with Gasteiger partial charge in [0.1, 0.15) is 6.04 Å². The summed E-state index contributed by atoms with van der Waals surface area (Å²) >= 11 is 0. The van der Waals surface area contributed by atoms with Gasteiger partial charge in [-0.1, -0.05) is 44.2 Å². The van der Waals surface area contributed by atoms with Gasteiger partial charge in [-0.15, -0.1) is 0 Å². The van der Waals surface area contributed by atoms with Gasteiger partial charge in [0, 0.05) is 24.7 Å². The van der Waals surface area contributed by atoms with Gasteiger partial charge in [0.25, 0.3) is 11.8 Å². The summed E-state index contributed by atoms with van der Waals surface area (Å²) in [6, 6.07) is 13.6. The molecular weight excluding hydrogens is 354 g/mol. The maximum absolute atomic E-state index is 12.6. The number of hydrogen-bond acceptors (Lipinski definition) is 3. The molecule has 2 aromatic rings. The number of rotatable bonds is 7. The fraction of sp³-hybridized carbons (Fsp3) is 0.318. The molecule has 3 N–H and O–H groups in total. The van der Waals surface area contributed by atoms with Crippen molar-refractivity contribution in [2.45, 2.75) is 33.4 Å². The molecule has 28 heavy (non-hydrogen) atoms. The minimum atomic E-state index is -0.641. The highest BCUT2D eigenvalue weighted by atomic mass is 16.2. The first-order valence-corrected chi connectivity index (χ1v) is 9.28. The van der Waals surface area contributed by atoms with E-state index < -0.39 is 6.04 Å². The molecule has 0 fully saturated rings. The van der Waals surface area contributed by atoms with Gasteiger partial charge in [-0.25, -0.2) is 0 Å². The summed E-state index contributed by atoms with van der Waals surface area (Å²) < 4.78 is 0. The molecule has 6 nitrogen and oxygen atoms in total. The van der Waals surface area contributed by atoms with E-state index >= 15 is 0 Å². The lowest BCUT2D eigenvalue weighted by molar-refractivity contribution is -0.124. The average molecular weight is 381 g/mol. The van der Waals surface area contributed by atoms with Crippen molar-refractivity contribution in [3.05, 3.63) is 70.8 Å². The molecule has 0 saturated carbocycles. The summed E-state index contributed by atoms with van der Waals surface area (Å²) in [5.74, 6) is -0.729. The van der Waals surface area contributed by atoms with Crippen LogP contribution in [0.2, 0.25) is 0 Å². The lowest BCUT2D eigenvalue weighted by Crippen LogP contribution is -2.49. The molecule has 0 bridgehead atoms. The summed E-state index contributed by atoms with van der Waals surface area (Å²) in [6.45, 7) is 5.96. The summed E-state index contributed by atoms with van der Waals surface area (Å²) in [7, 11) is 1.58. The number of carbonyl (C=O) groups excluding carboxylic acids is 3. The summed E-state index contributed by atoms with van der Waals surface area (Å²) in [4.78, 5) is 36.8. The van der Waals surface area contributed by atoms with Crippen LogP contribution in [0.3, 0.4) is 0 Å². The topological polar surface area (TPSA) is 87.3 Å². The van der Waals surface area contributed by atoms with Crippen LogP contribution in [-0.2, 0) is 11.3 Å². The number of hydrogen-bond donors (Lipinski definition) is 3. The van der Waals surface area contributed by atoms with Crippen molar-refractivity contribution in [1.29, 1.82) is 0 Å². The highest BCUT2D eigenvalue weighted by Gasteiger charge is 2.25. The SMILES string of the molecule is CNC(=O)c1ccc(CNC(=O)C(NC(=O)c2ccccc2C)C(C)C)cc1. The molecule has 1 atom stereocenters. The Bertz CT molecular complexity index is 844. The van der Waals surface area contributed by atoms with Crippen LogP contribution in [0.25, 0.3) is 0 Å². The lowest BCUT2D eigenvalue weighted by Gasteiger charge is -2.22. The molecule has 0 aliphatic heterocycles. The van der Waals surface area contributed by atoms with Crippen molar-refractivity contribution in [2.75, 3.05) is 7.05 Å². The zero-order valence-electron chi connectivity index (χ0n) is 16.7. The zero-order chi connectivity index (χ0) is 20.7. The van der Waals surface area contributed by atoms with E-state index in [0.29, 0.717) is 17.7 Å². The zero-order valence-corrected chi connectivity index (χ0v) is 16.7. The highest BCUT2D eigenvalue weighted by Crippen LogP contribution is 2.10. The first kappa shape index (κ1) is 21.2. The fourth-order valence-electron chi connectivity index (χ4n) is 2.80. The summed E-state index contributed by atoms with van der Waals surface area (Å²) in [5, 5.41) is 8.26. The number of carbonyl (C=O) groups is 3. The third-order valence-electron chi connectivity index (χ3n) is 4.54. The van der Waals surface area contributed by atoms with E-state index in [1.807, 2.05) is 32.9 Å². The van der Waals surface area contributed by atoms with E-state index in [9.17, 15) is 14.4 Å². The number of amides is 3. The van der Waals surface area contributed by atoms with E-state index in [-0.39, 0.29) is 23.6 Å². The van der Waals surface area contributed by atoms with Crippen molar-refractivity contribution in [3.8, 4) is 0 Å². The maximum Gasteiger partial charge on any atom is 0.252 e. The smallest absolute Gasteiger partial charge is 0.252 e. The Morgan fingerprint density at radius 3 is 2.14 bits per heavy atom. The van der Waals surface area contributed by atoms with Crippen molar-refractivity contribution in [1.82, 2.24) is 16.0 Å². The second kappa shape index (κ2) is 9.69. The van der Waals surface area contributed by atoms with Gasteiger partial charge in [0.05, 0.1) is 0 Å². The molecule has 0 aliphatic carbocycles. The average Bonchev–Trinajstić information content (AvgIpc) is 2.69. The van der Waals surface area contributed by atoms with Crippen molar-refractivity contribution in [3.63, 3.8) is 0 Å². The van der Waals surface area contributed by atoms with Crippen LogP contribution in [0.1, 0.15) is 45.7 Å². The van der Waals surface area contributed by atoms with Gasteiger partial charge >= 0.3 is 0 Å². The normalized spacial score (nSPS) is 11.6. The van der Waals surface area contributed by atoms with Crippen LogP contribution in [0.15, 0.2) is 48.5 Å². The van der Waals surface area contributed by atoms with Crippen molar-refractivity contribution in [2.24, 2.45) is 5.92 Å². The highest BCUT2D eigenvalue weighted by molar-refractivity contribution is 5.98. The Balaban J connectivity index is 2.00. The standard InChI is InChI=1S/C22H27N3O3/c1-14(2)19(25-21(27)18-8-6-5-7-15(18)3)22(28)24-13-16-9-11-17(12-10-16)20(26)23-4/h5-12,14,19H,13H2,1-4H3,(H,23,26)(H,24,28)(H,25,27). The molecule has 0 aromatic heterocycles. The van der Waals surface area contributed by atoms with Crippen LogP contribution in [0.5, 0.6) is 0 Å². The van der Waals surface area contributed by atoms with E-state index in [1.54, 1.807) is 43.4 Å². The Morgan fingerprint density at radius 2 is 1.57 bits per heavy atom. The molecule has 0 heterocycles. The Hall–Kier alpha value is -3.15. The quantitative estimate of drug-likeness (QED) is 0.688. The Labute approximate surface area is 165 Å². The van der Waals surface area contributed by atoms with Gasteiger partial charge in [-0.3, -0.25) is 14.4 Å². The molecule has 0 radical (unpaired) electrons. The molecule has 2 aromatic carbocycles. The Morgan fingerprint density at radius 1 is 0.929 bits per heavy atom. The van der Waals surface area contributed by atoms with Crippen LogP contribution in [0, 0.1) is 12.8 Å². The number of benzene rings is 2. The molecule has 6 heteroatoms. The van der Waals surface area contributed by atoms with Crippen LogP contribution in [-0.4, -0.2) is 30.8 Å². The van der Waals surface area contributed by atoms with E-state index in [0.717, 1.165) is 11.1 Å². The van der Waals surface area contributed by atoms with Gasteiger partial charge in [0.15, 0.2) is 0 Å². The number of nitrogens with one attached hydrogen (secondary N) is 3. The van der Waals surface area contributed by atoms with Crippen molar-refractivity contribution < 1.29 is 14.4 Å². The molecule has 148 valence electrons. The van der Waals surface area contributed by atoms with Crippen LogP contribution < -0.4 is 16.0 Å². The molecule has 2 rings (SSSR count). The first-order chi connectivity index (χ1) is 13.3. The summed E-state index contributed by atoms with van der Waals surface area (Å²) in [5.41, 5.74) is 2.85. The predicted molar refractivity (Wildman–Crippen MR) is 109 cm³/mol. The third kappa shape index (κ3) is 5.42. The van der Waals surface area contributed by atoms with E-state index in [1.165, 1.54) is 0 Å². The van der Waals surface area contributed by atoms with Crippen LogP contribution in [0.4, 0.5) is 0 Å². The molecule has 0 saturated heterocycles. The number of aryl methyl sites for hydroxylation is 1. The summed E-state index contributed by atoms with van der Waals surface area (Å²) in [6.07, 6.45) is 0. The van der Waals surface area contributed by atoms with Crippen LogP contribution >= 0.6 is 0 Å². The largest absolute Gasteiger partial charge is 0.355 e. The van der Waals surface area contributed by atoms with Gasteiger partial charge in [0.2, 0.25) is 5.91 Å². The minimum Gasteiger partial charge on any atom is -0.355 e. The first-order valence-electron chi connectivity index (χ1n) is 9.28.